The molecule has 0 aromatic rings. The van der Waals surface area contributed by atoms with Crippen molar-refractivity contribution in [3.05, 3.63) is 0 Å². The molecule has 0 rings (SSSR count). The number of nitrogens with one attached hydrogen (secondary N) is 1. The molecule has 0 aromatic heterocycles. The molecule has 0 saturated carbocycles. The molecule has 0 fully saturated rings. The number of likely N-dealkylation sites (N-methyl/N-ethyl adjacent to an activating group) is 1. The van der Waals surface area contributed by atoms with Crippen molar-refractivity contribution in [2.24, 2.45) is 11.7 Å². The van der Waals surface area contributed by atoms with Crippen LogP contribution in [-0.2, 0) is 4.79 Å². The van der Waals surface area contributed by atoms with Crippen LogP contribution in [0.25, 0.3) is 0 Å². The fourth-order valence-corrected chi connectivity index (χ4v) is 0.900. The summed E-state index contributed by atoms with van der Waals surface area (Å²) in [6.07, 6.45) is 0.524. The smallest absolute Gasteiger partial charge is 0.306 e. The molecule has 2 atom stereocenters. The lowest BCUT2D eigenvalue weighted by atomic mass is 10.0. The molecule has 0 heterocycles. The van der Waals surface area contributed by atoms with Gasteiger partial charge in [-0.3, -0.25) is 4.79 Å². The molecule has 0 radical (unpaired) electrons. The van der Waals surface area contributed by atoms with Crippen molar-refractivity contribution in [2.75, 3.05) is 13.6 Å². The van der Waals surface area contributed by atoms with Crippen LogP contribution in [0.15, 0.2) is 0 Å². The second-order valence-corrected chi connectivity index (χ2v) is 2.79. The summed E-state index contributed by atoms with van der Waals surface area (Å²) >= 11 is 0. The maximum atomic E-state index is 10.4. The summed E-state index contributed by atoms with van der Waals surface area (Å²) in [5.74, 6) is -1.13. The van der Waals surface area contributed by atoms with Crippen LogP contribution in [0.4, 0.5) is 0 Å². The van der Waals surface area contributed by atoms with Gasteiger partial charge in [-0.05, 0) is 13.5 Å². The highest BCUT2D eigenvalue weighted by Gasteiger charge is 2.14. The second kappa shape index (κ2) is 5.09. The molecule has 66 valence electrons. The van der Waals surface area contributed by atoms with Gasteiger partial charge in [0.15, 0.2) is 0 Å². The highest BCUT2D eigenvalue weighted by molar-refractivity contribution is 5.69. The van der Waals surface area contributed by atoms with E-state index in [1.54, 1.807) is 14.0 Å². The van der Waals surface area contributed by atoms with Crippen molar-refractivity contribution in [1.82, 2.24) is 5.32 Å². The van der Waals surface area contributed by atoms with Gasteiger partial charge in [0.25, 0.3) is 0 Å². The Labute approximate surface area is 66.8 Å². The molecule has 0 bridgehead atoms. The molecule has 4 heteroatoms. The van der Waals surface area contributed by atoms with Gasteiger partial charge in [0, 0.05) is 12.6 Å². The van der Waals surface area contributed by atoms with E-state index in [1.807, 2.05) is 0 Å². The fourth-order valence-electron chi connectivity index (χ4n) is 0.900. The Morgan fingerprint density at radius 1 is 1.73 bits per heavy atom. The van der Waals surface area contributed by atoms with Gasteiger partial charge < -0.3 is 16.2 Å². The Morgan fingerprint density at radius 2 is 2.27 bits per heavy atom. The third-order valence-corrected chi connectivity index (χ3v) is 1.54. The molecule has 0 spiro atoms. The number of carbonyl (C=O) groups is 1. The summed E-state index contributed by atoms with van der Waals surface area (Å²) in [4.78, 5) is 10.4. The molecule has 0 aliphatic carbocycles. The number of hydrogen-bond donors (Lipinski definition) is 3. The highest BCUT2D eigenvalue weighted by atomic mass is 16.4. The zero-order valence-electron chi connectivity index (χ0n) is 7.00. The van der Waals surface area contributed by atoms with Crippen LogP contribution in [-0.4, -0.2) is 30.7 Å². The molecule has 0 aliphatic rings. The van der Waals surface area contributed by atoms with Gasteiger partial charge >= 0.3 is 5.97 Å². The van der Waals surface area contributed by atoms with Crippen molar-refractivity contribution in [3.63, 3.8) is 0 Å². The van der Waals surface area contributed by atoms with E-state index in [0.717, 1.165) is 0 Å². The normalized spacial score (nSPS) is 15.9. The van der Waals surface area contributed by atoms with Crippen LogP contribution >= 0.6 is 0 Å². The zero-order valence-corrected chi connectivity index (χ0v) is 7.00. The zero-order chi connectivity index (χ0) is 8.85. The van der Waals surface area contributed by atoms with Gasteiger partial charge in [-0.1, -0.05) is 6.92 Å². The minimum Gasteiger partial charge on any atom is -0.481 e. The van der Waals surface area contributed by atoms with Crippen LogP contribution in [0.3, 0.4) is 0 Å². The number of carboxylic acid groups (broad SMARTS) is 1. The van der Waals surface area contributed by atoms with E-state index < -0.39 is 5.97 Å². The van der Waals surface area contributed by atoms with E-state index >= 15 is 0 Å². The minimum atomic E-state index is -0.781. The van der Waals surface area contributed by atoms with E-state index in [0.29, 0.717) is 13.0 Å². The predicted octanol–water partition coefficient (Wildman–Crippen LogP) is -0.356. The first kappa shape index (κ1) is 10.4. The van der Waals surface area contributed by atoms with Crippen molar-refractivity contribution in [2.45, 2.75) is 19.4 Å². The maximum Gasteiger partial charge on any atom is 0.306 e. The van der Waals surface area contributed by atoms with Crippen LogP contribution in [0.5, 0.6) is 0 Å². The standard InChI is InChI=1S/C7H16N2O2/c1-5(7(10)11)3-6(8)4-9-2/h5-6,9H,3-4,8H2,1-2H3,(H,10,11). The maximum absolute atomic E-state index is 10.4. The van der Waals surface area contributed by atoms with Crippen LogP contribution in [0.1, 0.15) is 13.3 Å². The summed E-state index contributed by atoms with van der Waals surface area (Å²) in [6, 6.07) is -0.0638. The molecule has 2 unspecified atom stereocenters. The first-order valence-corrected chi connectivity index (χ1v) is 3.71. The Kier molecular flexibility index (Phi) is 4.81. The molecule has 0 saturated heterocycles. The van der Waals surface area contributed by atoms with Gasteiger partial charge in [-0.25, -0.2) is 0 Å². The lowest BCUT2D eigenvalue weighted by Crippen LogP contribution is -2.34. The van der Waals surface area contributed by atoms with Gasteiger partial charge in [-0.15, -0.1) is 0 Å². The van der Waals surface area contributed by atoms with Crippen molar-refractivity contribution >= 4 is 5.97 Å². The van der Waals surface area contributed by atoms with E-state index in [-0.39, 0.29) is 12.0 Å². The summed E-state index contributed by atoms with van der Waals surface area (Å²) in [7, 11) is 1.80. The number of rotatable bonds is 5. The first-order valence-electron chi connectivity index (χ1n) is 3.71. The Bertz CT molecular complexity index is 128. The summed E-state index contributed by atoms with van der Waals surface area (Å²) in [5.41, 5.74) is 5.60. The monoisotopic (exact) mass is 160 g/mol. The summed E-state index contributed by atoms with van der Waals surface area (Å²) < 4.78 is 0. The van der Waals surface area contributed by atoms with E-state index in [9.17, 15) is 4.79 Å². The van der Waals surface area contributed by atoms with E-state index in [4.69, 9.17) is 10.8 Å². The van der Waals surface area contributed by atoms with Gasteiger partial charge in [0.2, 0.25) is 0 Å². The average molecular weight is 160 g/mol. The third kappa shape index (κ3) is 4.75. The second-order valence-electron chi connectivity index (χ2n) is 2.79. The van der Waals surface area contributed by atoms with Gasteiger partial charge in [-0.2, -0.15) is 0 Å². The largest absolute Gasteiger partial charge is 0.481 e. The summed E-state index contributed by atoms with van der Waals surface area (Å²) in [5, 5.41) is 11.4. The van der Waals surface area contributed by atoms with E-state index in [2.05, 4.69) is 5.32 Å². The van der Waals surface area contributed by atoms with Crippen molar-refractivity contribution < 1.29 is 9.90 Å². The molecule has 0 amide bonds. The number of carboxylic acids is 1. The van der Waals surface area contributed by atoms with Crippen LogP contribution in [0, 0.1) is 5.92 Å². The van der Waals surface area contributed by atoms with Gasteiger partial charge in [0.05, 0.1) is 5.92 Å². The molecule has 4 N–H and O–H groups in total. The highest BCUT2D eigenvalue weighted by Crippen LogP contribution is 2.03. The number of hydrogen-bond acceptors (Lipinski definition) is 3. The number of nitrogens with two attached hydrogens (primary N) is 1. The van der Waals surface area contributed by atoms with Crippen molar-refractivity contribution in [3.8, 4) is 0 Å². The van der Waals surface area contributed by atoms with Crippen molar-refractivity contribution in [1.29, 1.82) is 0 Å². The quantitative estimate of drug-likeness (QED) is 0.513. The lowest BCUT2D eigenvalue weighted by molar-refractivity contribution is -0.141. The Morgan fingerprint density at radius 3 is 2.64 bits per heavy atom. The van der Waals surface area contributed by atoms with Crippen LogP contribution in [0.2, 0.25) is 0 Å². The molecule has 0 aromatic carbocycles. The number of aliphatic carboxylic acids is 1. The Hall–Kier alpha value is -0.610. The molecular weight excluding hydrogens is 144 g/mol. The topological polar surface area (TPSA) is 75.3 Å². The Balaban J connectivity index is 3.56. The van der Waals surface area contributed by atoms with Crippen LogP contribution < -0.4 is 11.1 Å². The molecule has 0 aliphatic heterocycles. The fraction of sp³-hybridized carbons (Fsp3) is 0.857. The van der Waals surface area contributed by atoms with Gasteiger partial charge in [0.1, 0.15) is 0 Å². The minimum absolute atomic E-state index is 0.0638. The van der Waals surface area contributed by atoms with E-state index in [1.165, 1.54) is 0 Å². The SMILES string of the molecule is CNCC(N)CC(C)C(=O)O. The molecule has 11 heavy (non-hydrogen) atoms. The third-order valence-electron chi connectivity index (χ3n) is 1.54. The molecular formula is C7H16N2O2. The summed E-state index contributed by atoms with van der Waals surface area (Å²) in [6.45, 7) is 2.33. The first-order chi connectivity index (χ1) is 5.07. The average Bonchev–Trinajstić information content (AvgIpc) is 1.87. The lowest BCUT2D eigenvalue weighted by Gasteiger charge is -2.12. The predicted molar refractivity (Wildman–Crippen MR) is 43.3 cm³/mol. The molecule has 4 nitrogen and oxygen atoms in total.